The zero-order valence-electron chi connectivity index (χ0n) is 13.2. The number of rotatable bonds is 3. The molecule has 8 heteroatoms. The minimum Gasteiger partial charge on any atom is -0.337 e. The molecule has 0 spiro atoms. The van der Waals surface area contributed by atoms with E-state index in [2.05, 4.69) is 15.4 Å². The summed E-state index contributed by atoms with van der Waals surface area (Å²) < 4.78 is 1.63. The Morgan fingerprint density at radius 2 is 2.26 bits per heavy atom. The van der Waals surface area contributed by atoms with Crippen LogP contribution in [0.15, 0.2) is 17.6 Å². The fourth-order valence-corrected chi connectivity index (χ4v) is 3.61. The Labute approximate surface area is 138 Å². The maximum absolute atomic E-state index is 12.5. The molecule has 23 heavy (non-hydrogen) atoms. The third-order valence-corrected chi connectivity index (χ3v) is 4.64. The lowest BCUT2D eigenvalue weighted by molar-refractivity contribution is -0.114. The van der Waals surface area contributed by atoms with Crippen LogP contribution in [0, 0.1) is 0 Å². The molecular formula is C15H19N5O2S. The van der Waals surface area contributed by atoms with E-state index in [0.717, 1.165) is 25.1 Å². The third-order valence-electron chi connectivity index (χ3n) is 3.86. The zero-order valence-corrected chi connectivity index (χ0v) is 14.0. The Hall–Kier alpha value is -2.22. The number of nitrogens with one attached hydrogen (secondary N) is 1. The Kier molecular flexibility index (Phi) is 4.42. The number of aromatic nitrogens is 3. The first-order valence-electron chi connectivity index (χ1n) is 7.55. The molecule has 1 aliphatic heterocycles. The molecule has 1 saturated heterocycles. The molecule has 1 unspecified atom stereocenters. The Morgan fingerprint density at radius 3 is 2.96 bits per heavy atom. The summed E-state index contributed by atoms with van der Waals surface area (Å²) in [5.41, 5.74) is 1.42. The molecular weight excluding hydrogens is 314 g/mol. The van der Waals surface area contributed by atoms with Gasteiger partial charge in [-0.15, -0.1) is 11.3 Å². The van der Waals surface area contributed by atoms with Gasteiger partial charge in [-0.3, -0.25) is 14.3 Å². The van der Waals surface area contributed by atoms with E-state index in [4.69, 9.17) is 0 Å². The van der Waals surface area contributed by atoms with Gasteiger partial charge in [0, 0.05) is 44.6 Å². The molecule has 0 bridgehead atoms. The summed E-state index contributed by atoms with van der Waals surface area (Å²) in [4.78, 5) is 29.9. The number of aryl methyl sites for hydroxylation is 1. The van der Waals surface area contributed by atoms with Crippen molar-refractivity contribution in [3.05, 3.63) is 29.0 Å². The number of likely N-dealkylation sites (tertiary alicyclic amines) is 1. The summed E-state index contributed by atoms with van der Waals surface area (Å²) in [6, 6.07) is 1.74. The summed E-state index contributed by atoms with van der Waals surface area (Å²) >= 11 is 1.42. The highest BCUT2D eigenvalue weighted by Crippen LogP contribution is 2.30. The summed E-state index contributed by atoms with van der Waals surface area (Å²) in [6.45, 7) is 2.85. The van der Waals surface area contributed by atoms with Crippen molar-refractivity contribution in [2.75, 3.05) is 18.4 Å². The van der Waals surface area contributed by atoms with Crippen LogP contribution in [0.2, 0.25) is 0 Å². The van der Waals surface area contributed by atoms with E-state index in [1.165, 1.54) is 18.3 Å². The molecule has 1 atom stereocenters. The lowest BCUT2D eigenvalue weighted by Gasteiger charge is -2.31. The Balaban J connectivity index is 1.69. The van der Waals surface area contributed by atoms with Gasteiger partial charge in [0.2, 0.25) is 5.91 Å². The van der Waals surface area contributed by atoms with Crippen LogP contribution in [-0.4, -0.2) is 44.6 Å². The monoisotopic (exact) mass is 333 g/mol. The highest BCUT2D eigenvalue weighted by atomic mass is 32.1. The first-order valence-corrected chi connectivity index (χ1v) is 8.43. The largest absolute Gasteiger partial charge is 0.337 e. The molecule has 2 aromatic heterocycles. The van der Waals surface area contributed by atoms with Crippen LogP contribution in [-0.2, 0) is 11.8 Å². The van der Waals surface area contributed by atoms with Crippen LogP contribution in [0.25, 0.3) is 0 Å². The highest BCUT2D eigenvalue weighted by molar-refractivity contribution is 7.13. The van der Waals surface area contributed by atoms with Gasteiger partial charge in [0.05, 0.1) is 5.69 Å². The SMILES string of the molecule is CC(=O)Nc1nc(C2CCCN(C(=O)c3ccn(C)n3)C2)cs1. The molecule has 1 fully saturated rings. The fraction of sp³-hybridized carbons (Fsp3) is 0.467. The van der Waals surface area contributed by atoms with E-state index in [1.807, 2.05) is 10.3 Å². The number of hydrogen-bond acceptors (Lipinski definition) is 5. The van der Waals surface area contributed by atoms with Crippen molar-refractivity contribution >= 4 is 28.3 Å². The van der Waals surface area contributed by atoms with E-state index in [1.54, 1.807) is 24.0 Å². The molecule has 0 aliphatic carbocycles. The molecule has 3 heterocycles. The average molecular weight is 333 g/mol. The minimum absolute atomic E-state index is 0.0346. The van der Waals surface area contributed by atoms with Gasteiger partial charge in [-0.25, -0.2) is 4.98 Å². The van der Waals surface area contributed by atoms with Gasteiger partial charge in [0.15, 0.2) is 5.13 Å². The van der Waals surface area contributed by atoms with E-state index >= 15 is 0 Å². The van der Waals surface area contributed by atoms with Gasteiger partial charge < -0.3 is 10.2 Å². The van der Waals surface area contributed by atoms with Crippen LogP contribution in [0.5, 0.6) is 0 Å². The van der Waals surface area contributed by atoms with Crippen molar-refractivity contribution in [2.45, 2.75) is 25.7 Å². The molecule has 1 N–H and O–H groups in total. The first-order chi connectivity index (χ1) is 11.0. The summed E-state index contributed by atoms with van der Waals surface area (Å²) in [5.74, 6) is 0.0456. The Bertz CT molecular complexity index is 723. The smallest absolute Gasteiger partial charge is 0.274 e. The number of amides is 2. The zero-order chi connectivity index (χ0) is 16.4. The van der Waals surface area contributed by atoms with Crippen molar-refractivity contribution in [3.63, 3.8) is 0 Å². The predicted molar refractivity (Wildman–Crippen MR) is 87.5 cm³/mol. The van der Waals surface area contributed by atoms with Gasteiger partial charge >= 0.3 is 0 Å². The topological polar surface area (TPSA) is 80.1 Å². The number of carbonyl (C=O) groups excluding carboxylic acids is 2. The summed E-state index contributed by atoms with van der Waals surface area (Å²) in [6.07, 6.45) is 3.71. The summed E-state index contributed by atoms with van der Waals surface area (Å²) in [5, 5.41) is 9.46. The van der Waals surface area contributed by atoms with Crippen LogP contribution >= 0.6 is 11.3 Å². The predicted octanol–water partition coefficient (Wildman–Crippen LogP) is 1.85. The second-order valence-corrected chi connectivity index (χ2v) is 6.58. The number of nitrogens with zero attached hydrogens (tertiary/aromatic N) is 4. The van der Waals surface area contributed by atoms with Gasteiger partial charge in [0.1, 0.15) is 5.69 Å². The molecule has 122 valence electrons. The molecule has 3 rings (SSSR count). The first kappa shape index (κ1) is 15.7. The van der Waals surface area contributed by atoms with E-state index in [-0.39, 0.29) is 17.7 Å². The molecule has 0 saturated carbocycles. The van der Waals surface area contributed by atoms with Gasteiger partial charge in [-0.05, 0) is 18.9 Å². The maximum atomic E-state index is 12.5. The van der Waals surface area contributed by atoms with Crippen LogP contribution in [0.3, 0.4) is 0 Å². The van der Waals surface area contributed by atoms with Crippen LogP contribution in [0.1, 0.15) is 41.9 Å². The van der Waals surface area contributed by atoms with E-state index in [0.29, 0.717) is 17.4 Å². The lowest BCUT2D eigenvalue weighted by Crippen LogP contribution is -2.39. The summed E-state index contributed by atoms with van der Waals surface area (Å²) in [7, 11) is 1.80. The number of anilines is 1. The molecule has 7 nitrogen and oxygen atoms in total. The quantitative estimate of drug-likeness (QED) is 0.929. The van der Waals surface area contributed by atoms with Crippen molar-refractivity contribution in [1.29, 1.82) is 0 Å². The molecule has 2 amide bonds. The number of thiazole rings is 1. The molecule has 2 aromatic rings. The molecule has 0 aromatic carbocycles. The number of piperidine rings is 1. The average Bonchev–Trinajstić information content (AvgIpc) is 3.15. The lowest BCUT2D eigenvalue weighted by atomic mass is 9.95. The second kappa shape index (κ2) is 6.49. The van der Waals surface area contributed by atoms with Crippen LogP contribution in [0.4, 0.5) is 5.13 Å². The normalized spacial score (nSPS) is 18.0. The van der Waals surface area contributed by atoms with Gasteiger partial charge in [-0.2, -0.15) is 5.10 Å². The van der Waals surface area contributed by atoms with E-state index in [9.17, 15) is 9.59 Å². The highest BCUT2D eigenvalue weighted by Gasteiger charge is 2.28. The van der Waals surface area contributed by atoms with E-state index < -0.39 is 0 Å². The second-order valence-electron chi connectivity index (χ2n) is 5.72. The van der Waals surface area contributed by atoms with Crippen molar-refractivity contribution < 1.29 is 9.59 Å². The number of hydrogen-bond donors (Lipinski definition) is 1. The molecule has 0 radical (unpaired) electrons. The van der Waals surface area contributed by atoms with Crippen molar-refractivity contribution in [1.82, 2.24) is 19.7 Å². The maximum Gasteiger partial charge on any atom is 0.274 e. The fourth-order valence-electron chi connectivity index (χ4n) is 2.78. The van der Waals surface area contributed by atoms with Crippen molar-refractivity contribution in [2.24, 2.45) is 7.05 Å². The van der Waals surface area contributed by atoms with Crippen molar-refractivity contribution in [3.8, 4) is 0 Å². The number of carbonyl (C=O) groups is 2. The molecule has 1 aliphatic rings. The van der Waals surface area contributed by atoms with Gasteiger partial charge in [-0.1, -0.05) is 0 Å². The standard InChI is InChI=1S/C15H19N5O2S/c1-10(21)16-15-17-13(9-23-15)11-4-3-6-20(8-11)14(22)12-5-7-19(2)18-12/h5,7,9,11H,3-4,6,8H2,1-2H3,(H,16,17,21). The third kappa shape index (κ3) is 3.58. The van der Waals surface area contributed by atoms with Gasteiger partial charge in [0.25, 0.3) is 5.91 Å². The van der Waals surface area contributed by atoms with Crippen LogP contribution < -0.4 is 5.32 Å². The Morgan fingerprint density at radius 1 is 1.43 bits per heavy atom. The minimum atomic E-state index is -0.124.